The lowest BCUT2D eigenvalue weighted by atomic mass is 9.85. The van der Waals surface area contributed by atoms with E-state index in [1.165, 1.54) is 4.90 Å². The van der Waals surface area contributed by atoms with Gasteiger partial charge in [-0.15, -0.1) is 0 Å². The fourth-order valence-corrected chi connectivity index (χ4v) is 8.81. The van der Waals surface area contributed by atoms with Crippen LogP contribution >= 0.6 is 7.60 Å². The van der Waals surface area contributed by atoms with Crippen LogP contribution in [-0.2, 0) is 18.9 Å². The smallest absolute Gasteiger partial charge is 0.408 e. The molecule has 61 heavy (non-hydrogen) atoms. The fourth-order valence-electron chi connectivity index (χ4n) is 7.38. The summed E-state index contributed by atoms with van der Waals surface area (Å²) in [5.74, 6) is -1.12. The largest absolute Gasteiger partial charge is 0.497 e. The average Bonchev–Trinajstić information content (AvgIpc) is 3.89. The second-order valence-electron chi connectivity index (χ2n) is 17.0. The number of para-hydroxylation sites is 1. The van der Waals surface area contributed by atoms with E-state index in [0.29, 0.717) is 40.6 Å². The van der Waals surface area contributed by atoms with E-state index < -0.39 is 54.9 Å². The standard InChI is InChI=1S/C43H53N4O9P.C3H9N/c1-6-15-38(57(51,52)56-30-20-11-8-12-21-30)45-40(48)36-25-32(27-47(36)41(49)39(43(2,3)4)46-42(50)55-29-18-13-14-19-29)54-37-26-34(28-16-9-7-10-17-28)44-35-24-31(53-5)22-23-33(35)37;1-3(2)4/h7-12,16-17,20-24,26,29,32,36,38-39H,6,13-15,18-19,25,27H2,1-5H3,(H,45,48)(H,46,50)(H,51,52);3H,4H2,1-2H3/t32-,36+,38?,39-;/m1./s1. The molecule has 0 radical (unpaired) electrons. The van der Waals surface area contributed by atoms with E-state index in [1.807, 2.05) is 96.1 Å². The van der Waals surface area contributed by atoms with Gasteiger partial charge in [-0.25, -0.2) is 14.3 Å². The first-order valence-electron chi connectivity index (χ1n) is 21.1. The normalized spacial score (nSPS) is 18.6. The summed E-state index contributed by atoms with van der Waals surface area (Å²) in [5, 5.41) is 6.28. The van der Waals surface area contributed by atoms with Crippen LogP contribution < -0.4 is 30.4 Å². The van der Waals surface area contributed by atoms with Gasteiger partial charge in [0.1, 0.15) is 47.3 Å². The van der Waals surface area contributed by atoms with Crippen molar-refractivity contribution in [3.63, 3.8) is 0 Å². The number of likely N-dealkylation sites (tertiary alicyclic amines) is 1. The van der Waals surface area contributed by atoms with Crippen LogP contribution in [0, 0.1) is 5.41 Å². The van der Waals surface area contributed by atoms with Gasteiger partial charge in [-0.05, 0) is 67.8 Å². The number of carbonyl (C=O) groups excluding carboxylic acids is 3. The Labute approximate surface area is 359 Å². The zero-order chi connectivity index (χ0) is 44.3. The molecule has 5 N–H and O–H groups in total. The van der Waals surface area contributed by atoms with Gasteiger partial charge in [-0.1, -0.05) is 96.5 Å². The van der Waals surface area contributed by atoms with Crippen LogP contribution in [0.15, 0.2) is 84.9 Å². The van der Waals surface area contributed by atoms with Gasteiger partial charge in [0, 0.05) is 29.5 Å². The minimum absolute atomic E-state index is 0.0146. The van der Waals surface area contributed by atoms with Crippen molar-refractivity contribution in [2.24, 2.45) is 11.1 Å². The summed E-state index contributed by atoms with van der Waals surface area (Å²) >= 11 is 0. The van der Waals surface area contributed by atoms with Crippen molar-refractivity contribution in [3.05, 3.63) is 84.9 Å². The number of hydrogen-bond donors (Lipinski definition) is 4. The van der Waals surface area contributed by atoms with E-state index >= 15 is 0 Å². The molecule has 3 amide bonds. The first-order valence-corrected chi connectivity index (χ1v) is 22.7. The Hall–Kier alpha value is -5.17. The van der Waals surface area contributed by atoms with E-state index in [2.05, 4.69) is 10.6 Å². The summed E-state index contributed by atoms with van der Waals surface area (Å²) < 4.78 is 37.2. The first kappa shape index (κ1) is 46.9. The molecule has 14 nitrogen and oxygen atoms in total. The highest BCUT2D eigenvalue weighted by Crippen LogP contribution is 2.48. The van der Waals surface area contributed by atoms with E-state index in [1.54, 1.807) is 37.4 Å². The minimum Gasteiger partial charge on any atom is -0.497 e. The van der Waals surface area contributed by atoms with Crippen molar-refractivity contribution < 1.29 is 42.6 Å². The average molecular weight is 860 g/mol. The van der Waals surface area contributed by atoms with Gasteiger partial charge in [0.05, 0.1) is 24.9 Å². The number of pyridine rings is 1. The molecule has 3 aromatic carbocycles. The number of alkyl carbamates (subject to hydrolysis) is 1. The molecule has 1 aliphatic heterocycles. The number of hydrogen-bond acceptors (Lipinski definition) is 10. The maximum Gasteiger partial charge on any atom is 0.408 e. The summed E-state index contributed by atoms with van der Waals surface area (Å²) in [6, 6.07) is 23.3. The Morgan fingerprint density at radius 1 is 0.934 bits per heavy atom. The summed E-state index contributed by atoms with van der Waals surface area (Å²) in [6.07, 6.45) is 2.51. The number of methoxy groups -OCH3 is 1. The molecule has 1 aliphatic carbocycles. The highest BCUT2D eigenvalue weighted by Gasteiger charge is 2.47. The van der Waals surface area contributed by atoms with Crippen LogP contribution in [0.4, 0.5) is 4.79 Å². The molecule has 1 aromatic heterocycles. The highest BCUT2D eigenvalue weighted by molar-refractivity contribution is 7.54. The maximum atomic E-state index is 14.7. The number of carbonyl (C=O) groups is 3. The molecule has 15 heteroatoms. The van der Waals surface area contributed by atoms with Crippen LogP contribution in [0.1, 0.15) is 86.5 Å². The minimum atomic E-state index is -4.45. The molecule has 0 spiro atoms. The molecule has 1 saturated heterocycles. The molecule has 2 heterocycles. The monoisotopic (exact) mass is 859 g/mol. The zero-order valence-corrected chi connectivity index (χ0v) is 37.2. The third-order valence-corrected chi connectivity index (χ3v) is 12.0. The van der Waals surface area contributed by atoms with Crippen LogP contribution in [-0.4, -0.2) is 82.5 Å². The van der Waals surface area contributed by atoms with Crippen LogP contribution in [0.25, 0.3) is 22.2 Å². The second-order valence-corrected chi connectivity index (χ2v) is 19.0. The number of nitrogens with two attached hydrogens (primary N) is 1. The van der Waals surface area contributed by atoms with Crippen molar-refractivity contribution in [1.82, 2.24) is 20.5 Å². The van der Waals surface area contributed by atoms with Crippen molar-refractivity contribution in [2.45, 2.75) is 123 Å². The highest BCUT2D eigenvalue weighted by atomic mass is 31.2. The predicted molar refractivity (Wildman–Crippen MR) is 236 cm³/mol. The molecule has 2 unspecified atom stereocenters. The molecule has 2 fully saturated rings. The fraction of sp³-hybridized carbons (Fsp3) is 0.478. The molecule has 5 atom stereocenters. The van der Waals surface area contributed by atoms with Gasteiger partial charge in [-0.3, -0.25) is 9.59 Å². The van der Waals surface area contributed by atoms with Gasteiger partial charge in [0.15, 0.2) is 0 Å². The van der Waals surface area contributed by atoms with E-state index in [4.69, 9.17) is 29.5 Å². The lowest BCUT2D eigenvalue weighted by Gasteiger charge is -2.35. The van der Waals surface area contributed by atoms with Gasteiger partial charge >= 0.3 is 13.7 Å². The molecular formula is C46H62N5O9P. The molecule has 330 valence electrons. The van der Waals surface area contributed by atoms with Crippen molar-refractivity contribution in [2.75, 3.05) is 13.7 Å². The van der Waals surface area contributed by atoms with Crippen molar-refractivity contribution >= 4 is 36.4 Å². The quantitative estimate of drug-likeness (QED) is 0.0894. The van der Waals surface area contributed by atoms with E-state index in [-0.39, 0.29) is 31.2 Å². The van der Waals surface area contributed by atoms with Crippen molar-refractivity contribution in [3.8, 4) is 28.5 Å². The Kier molecular flexibility index (Phi) is 16.2. The number of ether oxygens (including phenoxy) is 3. The van der Waals surface area contributed by atoms with E-state index in [9.17, 15) is 23.8 Å². The number of benzene rings is 3. The van der Waals surface area contributed by atoms with Crippen molar-refractivity contribution in [1.29, 1.82) is 0 Å². The molecular weight excluding hydrogens is 798 g/mol. The molecule has 1 saturated carbocycles. The first-order chi connectivity index (χ1) is 29.0. The second kappa shape index (κ2) is 21.1. The Morgan fingerprint density at radius 2 is 1.57 bits per heavy atom. The van der Waals surface area contributed by atoms with Gasteiger partial charge in [0.2, 0.25) is 11.8 Å². The van der Waals surface area contributed by atoms with Crippen LogP contribution in [0.3, 0.4) is 0 Å². The number of nitrogens with one attached hydrogen (secondary N) is 2. The summed E-state index contributed by atoms with van der Waals surface area (Å²) in [6.45, 7) is 11.2. The summed E-state index contributed by atoms with van der Waals surface area (Å²) in [7, 11) is -2.87. The number of rotatable bonds is 14. The molecule has 6 rings (SSSR count). The topological polar surface area (TPSA) is 192 Å². The third-order valence-electron chi connectivity index (χ3n) is 10.4. The number of fused-ring (bicyclic) bond motifs is 1. The molecule has 0 bridgehead atoms. The van der Waals surface area contributed by atoms with Gasteiger partial charge in [0.25, 0.3) is 0 Å². The van der Waals surface area contributed by atoms with Gasteiger partial charge in [-0.2, -0.15) is 0 Å². The lowest BCUT2D eigenvalue weighted by Crippen LogP contribution is -2.58. The predicted octanol–water partition coefficient (Wildman–Crippen LogP) is 8.20. The summed E-state index contributed by atoms with van der Waals surface area (Å²) in [5.41, 5.74) is 6.47. The van der Waals surface area contributed by atoms with Gasteiger partial charge < -0.3 is 44.9 Å². The zero-order valence-electron chi connectivity index (χ0n) is 36.3. The van der Waals surface area contributed by atoms with Crippen LogP contribution in [0.2, 0.25) is 0 Å². The summed E-state index contributed by atoms with van der Waals surface area (Å²) in [4.78, 5) is 59.8. The van der Waals surface area contributed by atoms with E-state index in [0.717, 1.165) is 31.2 Å². The SMILES string of the molecule is CC(C)N.CCCC(NC(=O)[C@@H]1C[C@@H](Oc2cc(-c3ccccc3)nc3cc(OC)ccc23)CN1C(=O)[C@@H](NC(=O)OC1CCCC1)C(C)(C)C)P(=O)(O)Oc1ccccc1. The Morgan fingerprint density at radius 3 is 2.18 bits per heavy atom. The lowest BCUT2D eigenvalue weighted by molar-refractivity contribution is -0.142. The Bertz CT molecular complexity index is 2120. The maximum absolute atomic E-state index is 14.7. The van der Waals surface area contributed by atoms with Crippen LogP contribution in [0.5, 0.6) is 17.2 Å². The molecule has 2 aliphatic rings. The third kappa shape index (κ3) is 12.9. The molecule has 4 aromatic rings. The number of nitrogens with zero attached hydrogens (tertiary/aromatic N) is 2. The number of aromatic nitrogens is 1. The number of amides is 3. The Balaban J connectivity index is 0.00000168.